The first kappa shape index (κ1) is 11.2. The molecule has 2 aliphatic rings. The van der Waals surface area contributed by atoms with Crippen LogP contribution in [0.15, 0.2) is 4.99 Å². The molecule has 0 aromatic heterocycles. The summed E-state index contributed by atoms with van der Waals surface area (Å²) in [5.74, 6) is 0. The van der Waals surface area contributed by atoms with Crippen LogP contribution in [0.4, 0.5) is 0 Å². The van der Waals surface area contributed by atoms with E-state index >= 15 is 0 Å². The monoisotopic (exact) mass is 230 g/mol. The average molecular weight is 230 g/mol. The number of fused-ring (bicyclic) bond motifs is 1. The topological polar surface area (TPSA) is 53.9 Å². The Morgan fingerprint density at radius 1 is 1.60 bits per heavy atom. The number of thioether (sulfide) groups is 1. The molecule has 5 heteroatoms. The maximum Gasteiger partial charge on any atom is 0.159 e. The van der Waals surface area contributed by atoms with Gasteiger partial charge in [0.15, 0.2) is 5.17 Å². The van der Waals surface area contributed by atoms with Gasteiger partial charge >= 0.3 is 0 Å². The highest BCUT2D eigenvalue weighted by Gasteiger charge is 2.41. The maximum absolute atomic E-state index is 9.82. The molecule has 2 aliphatic heterocycles. The van der Waals surface area contributed by atoms with Crippen LogP contribution in [0.1, 0.15) is 26.7 Å². The fourth-order valence-electron chi connectivity index (χ4n) is 2.02. The Hall–Kier alpha value is -0.260. The van der Waals surface area contributed by atoms with Crippen molar-refractivity contribution in [3.63, 3.8) is 0 Å². The lowest BCUT2D eigenvalue weighted by Crippen LogP contribution is -2.47. The molecule has 4 unspecified atom stereocenters. The highest BCUT2D eigenvalue weighted by Crippen LogP contribution is 2.34. The second kappa shape index (κ2) is 4.72. The van der Waals surface area contributed by atoms with Gasteiger partial charge in [-0.2, -0.15) is 0 Å². The summed E-state index contributed by atoms with van der Waals surface area (Å²) in [6.45, 7) is 4.85. The van der Waals surface area contributed by atoms with Crippen LogP contribution in [0.2, 0.25) is 0 Å². The number of rotatable bonds is 2. The van der Waals surface area contributed by atoms with Crippen molar-refractivity contribution in [3.05, 3.63) is 0 Å². The second-order valence-electron chi connectivity index (χ2n) is 3.90. The van der Waals surface area contributed by atoms with Crippen LogP contribution in [-0.4, -0.2) is 40.5 Å². The van der Waals surface area contributed by atoms with E-state index in [1.54, 1.807) is 11.8 Å². The molecular weight excluding hydrogens is 212 g/mol. The number of nitrogens with one attached hydrogen (secondary N) is 1. The molecule has 86 valence electrons. The molecule has 0 saturated carbocycles. The van der Waals surface area contributed by atoms with E-state index in [-0.39, 0.29) is 23.7 Å². The van der Waals surface area contributed by atoms with E-state index in [1.165, 1.54) is 0 Å². The van der Waals surface area contributed by atoms with Gasteiger partial charge in [0.1, 0.15) is 5.44 Å². The molecule has 0 spiro atoms. The van der Waals surface area contributed by atoms with Gasteiger partial charge in [0.25, 0.3) is 0 Å². The molecule has 2 rings (SSSR count). The lowest BCUT2D eigenvalue weighted by Gasteiger charge is -2.34. The van der Waals surface area contributed by atoms with Crippen LogP contribution in [-0.2, 0) is 4.74 Å². The van der Waals surface area contributed by atoms with E-state index in [0.29, 0.717) is 0 Å². The number of ether oxygens (including phenoxy) is 1. The van der Waals surface area contributed by atoms with Gasteiger partial charge in [-0.25, -0.2) is 0 Å². The smallest absolute Gasteiger partial charge is 0.159 e. The van der Waals surface area contributed by atoms with Crippen molar-refractivity contribution in [3.8, 4) is 0 Å². The third kappa shape index (κ3) is 2.29. The summed E-state index contributed by atoms with van der Waals surface area (Å²) in [6, 6.07) is 0.220. The fourth-order valence-corrected chi connectivity index (χ4v) is 3.20. The number of nitrogens with zero attached hydrogens (tertiary/aromatic N) is 1. The summed E-state index contributed by atoms with van der Waals surface area (Å²) in [4.78, 5) is 4.33. The average Bonchev–Trinajstić information content (AvgIpc) is 2.58. The zero-order chi connectivity index (χ0) is 10.8. The summed E-state index contributed by atoms with van der Waals surface area (Å²) >= 11 is 1.65. The molecule has 0 amide bonds. The van der Waals surface area contributed by atoms with Gasteiger partial charge in [0, 0.05) is 6.54 Å². The molecule has 4 nitrogen and oxygen atoms in total. The highest BCUT2D eigenvalue weighted by atomic mass is 32.2. The second-order valence-corrected chi connectivity index (χ2v) is 4.99. The first-order valence-electron chi connectivity index (χ1n) is 5.55. The van der Waals surface area contributed by atoms with E-state index in [9.17, 15) is 5.11 Å². The SMILES string of the molecule is CCN=C1NC2CC(O)C(CC)OC2S1. The third-order valence-corrected chi connectivity index (χ3v) is 3.94. The van der Waals surface area contributed by atoms with Crippen molar-refractivity contribution in [2.45, 2.75) is 50.4 Å². The number of hydrogen-bond donors (Lipinski definition) is 2. The van der Waals surface area contributed by atoms with Gasteiger partial charge in [-0.05, 0) is 19.8 Å². The number of hydrogen-bond acceptors (Lipinski definition) is 4. The van der Waals surface area contributed by atoms with Gasteiger partial charge in [-0.15, -0.1) is 0 Å². The lowest BCUT2D eigenvalue weighted by molar-refractivity contribution is -0.0964. The van der Waals surface area contributed by atoms with Gasteiger partial charge in [-0.3, -0.25) is 4.99 Å². The molecule has 15 heavy (non-hydrogen) atoms. The first-order valence-corrected chi connectivity index (χ1v) is 6.43. The van der Waals surface area contributed by atoms with Crippen LogP contribution in [0, 0.1) is 0 Å². The van der Waals surface area contributed by atoms with Gasteiger partial charge in [-0.1, -0.05) is 18.7 Å². The largest absolute Gasteiger partial charge is 0.390 e. The lowest BCUT2D eigenvalue weighted by atomic mass is 10.00. The van der Waals surface area contributed by atoms with E-state index in [0.717, 1.165) is 24.6 Å². The zero-order valence-electron chi connectivity index (χ0n) is 9.14. The molecule has 2 N–H and O–H groups in total. The van der Waals surface area contributed by atoms with Crippen molar-refractivity contribution < 1.29 is 9.84 Å². The van der Waals surface area contributed by atoms with Crippen molar-refractivity contribution >= 4 is 16.9 Å². The Balaban J connectivity index is 2.00. The maximum atomic E-state index is 9.82. The predicted octanol–water partition coefficient (Wildman–Crippen LogP) is 0.953. The van der Waals surface area contributed by atoms with Crippen LogP contribution >= 0.6 is 11.8 Å². The summed E-state index contributed by atoms with van der Waals surface area (Å²) in [7, 11) is 0. The Labute approximate surface area is 94.5 Å². The minimum Gasteiger partial charge on any atom is -0.390 e. The molecule has 0 aliphatic carbocycles. The van der Waals surface area contributed by atoms with Crippen molar-refractivity contribution in [2.24, 2.45) is 4.99 Å². The predicted molar refractivity (Wildman–Crippen MR) is 62.1 cm³/mol. The number of aliphatic hydroxyl groups excluding tert-OH is 1. The third-order valence-electron chi connectivity index (χ3n) is 2.80. The molecule has 0 bridgehead atoms. The molecule has 0 radical (unpaired) electrons. The quantitative estimate of drug-likeness (QED) is 0.741. The summed E-state index contributed by atoms with van der Waals surface area (Å²) in [5.41, 5.74) is 0.128. The summed E-state index contributed by atoms with van der Waals surface area (Å²) in [5, 5.41) is 14.1. The molecule has 4 atom stereocenters. The molecule has 2 heterocycles. The highest BCUT2D eigenvalue weighted by molar-refractivity contribution is 8.14. The van der Waals surface area contributed by atoms with Gasteiger partial charge < -0.3 is 15.2 Å². The van der Waals surface area contributed by atoms with E-state index in [1.807, 2.05) is 13.8 Å². The Morgan fingerprint density at radius 2 is 2.40 bits per heavy atom. The number of aliphatic imine (C=N–C) groups is 1. The van der Waals surface area contributed by atoms with Crippen molar-refractivity contribution in [1.82, 2.24) is 5.32 Å². The molecular formula is C10H18N2O2S. The van der Waals surface area contributed by atoms with E-state index < -0.39 is 0 Å². The van der Waals surface area contributed by atoms with Gasteiger partial charge in [0.05, 0.1) is 18.2 Å². The van der Waals surface area contributed by atoms with E-state index in [4.69, 9.17) is 4.74 Å². The number of aliphatic hydroxyl groups is 1. The Kier molecular flexibility index (Phi) is 3.53. The van der Waals surface area contributed by atoms with Crippen LogP contribution in [0.5, 0.6) is 0 Å². The summed E-state index contributed by atoms with van der Waals surface area (Å²) < 4.78 is 5.82. The first-order chi connectivity index (χ1) is 7.24. The molecule has 0 aromatic rings. The van der Waals surface area contributed by atoms with Crippen LogP contribution in [0.3, 0.4) is 0 Å². The van der Waals surface area contributed by atoms with Crippen molar-refractivity contribution in [2.75, 3.05) is 6.54 Å². The normalized spacial score (nSPS) is 42.7. The van der Waals surface area contributed by atoms with Crippen molar-refractivity contribution in [1.29, 1.82) is 0 Å². The van der Waals surface area contributed by atoms with E-state index in [2.05, 4.69) is 10.3 Å². The Morgan fingerprint density at radius 3 is 3.07 bits per heavy atom. The van der Waals surface area contributed by atoms with Crippen LogP contribution < -0.4 is 5.32 Å². The molecule has 0 aromatic carbocycles. The van der Waals surface area contributed by atoms with Gasteiger partial charge in [0.2, 0.25) is 0 Å². The zero-order valence-corrected chi connectivity index (χ0v) is 9.96. The molecule has 2 saturated heterocycles. The summed E-state index contributed by atoms with van der Waals surface area (Å²) in [6.07, 6.45) is 1.27. The standard InChI is InChI=1S/C10H18N2O2S/c1-3-8-7(13)5-6-9(14-8)15-10(12-6)11-4-2/h6-9,13H,3-5H2,1-2H3,(H,11,12). The van der Waals surface area contributed by atoms with Crippen LogP contribution in [0.25, 0.3) is 0 Å². The number of amidine groups is 1. The minimum absolute atomic E-state index is 0.0125. The Bertz CT molecular complexity index is 260. The molecule has 2 fully saturated rings. The minimum atomic E-state index is -0.342. The fraction of sp³-hybridized carbons (Fsp3) is 0.900.